The fraction of sp³-hybridized carbons (Fsp3) is 0.133. The summed E-state index contributed by atoms with van der Waals surface area (Å²) in [5.41, 5.74) is 3.38. The number of halogens is 4. The van der Waals surface area contributed by atoms with Crippen molar-refractivity contribution >= 4 is 54.5 Å². The first-order valence-corrected chi connectivity index (χ1v) is 8.33. The zero-order valence-electron chi connectivity index (χ0n) is 11.0. The van der Waals surface area contributed by atoms with Crippen LogP contribution in [-0.4, -0.2) is 9.55 Å². The number of rotatable bonds is 2. The smallest absolute Gasteiger partial charge is 0.139 e. The Morgan fingerprint density at radius 3 is 2.76 bits per heavy atom. The molecule has 3 aromatic rings. The van der Waals surface area contributed by atoms with Gasteiger partial charge in [-0.2, -0.15) is 0 Å². The number of hydrogen-bond acceptors (Lipinski definition) is 1. The number of fused-ring (bicyclic) bond motifs is 1. The number of imidazole rings is 1. The quantitative estimate of drug-likeness (QED) is 0.473. The van der Waals surface area contributed by atoms with E-state index >= 15 is 0 Å². The summed E-state index contributed by atoms with van der Waals surface area (Å²) in [6.07, 6.45) is 0. The molecule has 6 heteroatoms. The second-order valence-corrected chi connectivity index (χ2v) is 6.57. The van der Waals surface area contributed by atoms with E-state index in [4.69, 9.17) is 11.6 Å². The molecule has 21 heavy (non-hydrogen) atoms. The van der Waals surface area contributed by atoms with Crippen LogP contribution in [0.1, 0.15) is 11.4 Å². The highest BCUT2D eigenvalue weighted by molar-refractivity contribution is 9.10. The van der Waals surface area contributed by atoms with Gasteiger partial charge in [0.25, 0.3) is 0 Å². The van der Waals surface area contributed by atoms with Crippen molar-refractivity contribution < 1.29 is 4.39 Å². The van der Waals surface area contributed by atoms with Crippen LogP contribution in [0, 0.1) is 12.7 Å². The zero-order valence-corrected chi connectivity index (χ0v) is 14.9. The summed E-state index contributed by atoms with van der Waals surface area (Å²) in [5.74, 6) is 0.595. The molecular formula is C15H10Br2ClFN2. The van der Waals surface area contributed by atoms with Gasteiger partial charge in [-0.1, -0.05) is 12.1 Å². The molecule has 0 radical (unpaired) electrons. The Kier molecular flexibility index (Phi) is 4.08. The first-order chi connectivity index (χ1) is 10.0. The van der Waals surface area contributed by atoms with Crippen molar-refractivity contribution in [2.45, 2.75) is 12.8 Å². The van der Waals surface area contributed by atoms with Crippen LogP contribution in [0.4, 0.5) is 4.39 Å². The maximum atomic E-state index is 13.9. The molecule has 0 saturated carbocycles. The summed E-state index contributed by atoms with van der Waals surface area (Å²) in [6.45, 7) is 2.00. The van der Waals surface area contributed by atoms with E-state index in [0.29, 0.717) is 21.3 Å². The Morgan fingerprint density at radius 1 is 1.29 bits per heavy atom. The summed E-state index contributed by atoms with van der Waals surface area (Å²) in [5, 5.41) is 0. The molecule has 3 rings (SSSR count). The van der Waals surface area contributed by atoms with Gasteiger partial charge in [0.1, 0.15) is 11.6 Å². The monoisotopic (exact) mass is 430 g/mol. The van der Waals surface area contributed by atoms with Crippen LogP contribution in [0.5, 0.6) is 0 Å². The predicted octanol–water partition coefficient (Wildman–Crippen LogP) is 5.74. The molecule has 2 aromatic carbocycles. The van der Waals surface area contributed by atoms with Crippen molar-refractivity contribution in [1.82, 2.24) is 9.55 Å². The number of benzene rings is 2. The highest BCUT2D eigenvalue weighted by Gasteiger charge is 2.16. The van der Waals surface area contributed by atoms with E-state index in [2.05, 4.69) is 36.8 Å². The maximum Gasteiger partial charge on any atom is 0.139 e. The van der Waals surface area contributed by atoms with Gasteiger partial charge in [-0.15, -0.1) is 11.6 Å². The van der Waals surface area contributed by atoms with Gasteiger partial charge >= 0.3 is 0 Å². The van der Waals surface area contributed by atoms with Crippen LogP contribution in [0.25, 0.3) is 16.7 Å². The molecule has 0 unspecified atom stereocenters. The summed E-state index contributed by atoms with van der Waals surface area (Å²) >= 11 is 12.8. The predicted molar refractivity (Wildman–Crippen MR) is 90.7 cm³/mol. The van der Waals surface area contributed by atoms with Crippen LogP contribution in [-0.2, 0) is 5.88 Å². The van der Waals surface area contributed by atoms with Gasteiger partial charge in [0, 0.05) is 10.5 Å². The summed E-state index contributed by atoms with van der Waals surface area (Å²) < 4.78 is 17.1. The second-order valence-electron chi connectivity index (χ2n) is 4.66. The Labute approximate surface area is 143 Å². The standard InChI is InChI=1S/C15H10Br2ClFN2/c1-8-3-2-4-12(15(8)17)21-13-6-10(19)9(16)5-11(13)20-14(21)7-18/h2-6H,7H2,1H3. The van der Waals surface area contributed by atoms with E-state index in [1.165, 1.54) is 6.07 Å². The summed E-state index contributed by atoms with van der Waals surface area (Å²) in [7, 11) is 0. The fourth-order valence-corrected chi connectivity index (χ4v) is 3.24. The van der Waals surface area contributed by atoms with E-state index < -0.39 is 0 Å². The summed E-state index contributed by atoms with van der Waals surface area (Å²) in [4.78, 5) is 4.49. The minimum Gasteiger partial charge on any atom is -0.294 e. The largest absolute Gasteiger partial charge is 0.294 e. The van der Waals surface area contributed by atoms with Gasteiger partial charge in [0.15, 0.2) is 0 Å². The molecule has 0 amide bonds. The Hall–Kier alpha value is -0.910. The third-order valence-corrected chi connectivity index (χ3v) is 5.18. The van der Waals surface area contributed by atoms with Crippen molar-refractivity contribution in [3.8, 4) is 5.69 Å². The highest BCUT2D eigenvalue weighted by atomic mass is 79.9. The minimum atomic E-state index is -0.325. The molecule has 0 saturated heterocycles. The Balaban J connectivity index is 2.40. The molecule has 0 spiro atoms. The molecule has 2 nitrogen and oxygen atoms in total. The van der Waals surface area contributed by atoms with Crippen molar-refractivity contribution in [1.29, 1.82) is 0 Å². The Bertz CT molecular complexity index is 845. The lowest BCUT2D eigenvalue weighted by molar-refractivity contribution is 0.622. The average Bonchev–Trinajstić information content (AvgIpc) is 2.80. The molecule has 0 aliphatic heterocycles. The van der Waals surface area contributed by atoms with Crippen LogP contribution < -0.4 is 0 Å². The number of aryl methyl sites for hydroxylation is 1. The first-order valence-electron chi connectivity index (χ1n) is 6.20. The molecule has 0 atom stereocenters. The van der Waals surface area contributed by atoms with E-state index in [-0.39, 0.29) is 11.7 Å². The molecular weight excluding hydrogens is 422 g/mol. The maximum absolute atomic E-state index is 13.9. The first kappa shape index (κ1) is 15.0. The van der Waals surface area contributed by atoms with Crippen LogP contribution in [0.15, 0.2) is 39.3 Å². The van der Waals surface area contributed by atoms with Gasteiger partial charge in [-0.25, -0.2) is 9.37 Å². The van der Waals surface area contributed by atoms with E-state index in [9.17, 15) is 4.39 Å². The lowest BCUT2D eigenvalue weighted by Crippen LogP contribution is -2.01. The van der Waals surface area contributed by atoms with Crippen LogP contribution in [0.3, 0.4) is 0 Å². The van der Waals surface area contributed by atoms with Gasteiger partial charge in [-0.3, -0.25) is 4.57 Å². The zero-order chi connectivity index (χ0) is 15.1. The SMILES string of the molecule is Cc1cccc(-n2c(CCl)nc3cc(Br)c(F)cc32)c1Br. The number of alkyl halides is 1. The third-order valence-electron chi connectivity index (χ3n) is 3.30. The molecule has 1 aromatic heterocycles. The van der Waals surface area contributed by atoms with E-state index in [1.807, 2.05) is 29.7 Å². The highest BCUT2D eigenvalue weighted by Crippen LogP contribution is 2.32. The minimum absolute atomic E-state index is 0.244. The fourth-order valence-electron chi connectivity index (χ4n) is 2.29. The average molecular weight is 433 g/mol. The number of aromatic nitrogens is 2. The second kappa shape index (κ2) is 5.71. The topological polar surface area (TPSA) is 17.8 Å². The molecule has 0 bridgehead atoms. The molecule has 0 aliphatic carbocycles. The van der Waals surface area contributed by atoms with Crippen molar-refractivity contribution in [2.75, 3.05) is 0 Å². The van der Waals surface area contributed by atoms with Gasteiger partial charge in [-0.05, 0) is 56.5 Å². The third kappa shape index (κ3) is 2.51. The van der Waals surface area contributed by atoms with Gasteiger partial charge in [0.2, 0.25) is 0 Å². The van der Waals surface area contributed by atoms with E-state index in [0.717, 1.165) is 15.7 Å². The lowest BCUT2D eigenvalue weighted by Gasteiger charge is -2.12. The van der Waals surface area contributed by atoms with Crippen molar-refractivity contribution in [3.05, 3.63) is 56.5 Å². The molecule has 0 aliphatic rings. The summed E-state index contributed by atoms with van der Waals surface area (Å²) in [6, 6.07) is 9.05. The number of hydrogen-bond donors (Lipinski definition) is 0. The Morgan fingerprint density at radius 2 is 2.05 bits per heavy atom. The normalized spacial score (nSPS) is 11.3. The van der Waals surface area contributed by atoms with Gasteiger partial charge < -0.3 is 0 Å². The van der Waals surface area contributed by atoms with E-state index in [1.54, 1.807) is 6.07 Å². The molecule has 108 valence electrons. The number of nitrogens with zero attached hydrogens (tertiary/aromatic N) is 2. The molecule has 0 N–H and O–H groups in total. The van der Waals surface area contributed by atoms with Crippen molar-refractivity contribution in [3.63, 3.8) is 0 Å². The van der Waals surface area contributed by atoms with Crippen LogP contribution in [0.2, 0.25) is 0 Å². The lowest BCUT2D eigenvalue weighted by atomic mass is 10.2. The molecule has 1 heterocycles. The van der Waals surface area contributed by atoms with Crippen molar-refractivity contribution in [2.24, 2.45) is 0 Å². The molecule has 0 fully saturated rings. The van der Waals surface area contributed by atoms with Gasteiger partial charge in [0.05, 0.1) is 27.1 Å². The van der Waals surface area contributed by atoms with Crippen LogP contribution >= 0.6 is 43.5 Å².